The highest BCUT2D eigenvalue weighted by Gasteiger charge is 2.34. The van der Waals surface area contributed by atoms with E-state index in [9.17, 15) is 9.59 Å². The average Bonchev–Trinajstić information content (AvgIpc) is 3.38. The van der Waals surface area contributed by atoms with Crippen LogP contribution in [0.2, 0.25) is 0 Å². The maximum Gasteiger partial charge on any atom is 0.259 e. The fourth-order valence-electron chi connectivity index (χ4n) is 5.19. The summed E-state index contributed by atoms with van der Waals surface area (Å²) in [4.78, 5) is 29.2. The summed E-state index contributed by atoms with van der Waals surface area (Å²) in [5.41, 5.74) is 1.40. The molecule has 1 fully saturated rings. The van der Waals surface area contributed by atoms with Crippen LogP contribution in [0.25, 0.3) is 21.5 Å². The molecule has 2 aliphatic rings. The molecule has 0 N–H and O–H groups in total. The quantitative estimate of drug-likeness (QED) is 0.469. The molecule has 0 spiro atoms. The van der Waals surface area contributed by atoms with Crippen molar-refractivity contribution in [1.82, 2.24) is 4.90 Å². The van der Waals surface area contributed by atoms with Gasteiger partial charge in [-0.25, -0.2) is 0 Å². The van der Waals surface area contributed by atoms with Crippen LogP contribution < -0.4 is 23.8 Å². The van der Waals surface area contributed by atoms with Gasteiger partial charge in [-0.05, 0) is 47.9 Å². The number of ether oxygens (including phenoxy) is 4. The van der Waals surface area contributed by atoms with Gasteiger partial charge in [0.2, 0.25) is 5.91 Å². The number of hydrogen-bond acceptors (Lipinski definition) is 6. The van der Waals surface area contributed by atoms with Crippen LogP contribution in [-0.4, -0.2) is 64.8 Å². The van der Waals surface area contributed by atoms with Crippen LogP contribution in [0.5, 0.6) is 23.0 Å². The predicted octanol–water partition coefficient (Wildman–Crippen LogP) is 4.00. The molecule has 0 aromatic heterocycles. The van der Waals surface area contributed by atoms with Crippen molar-refractivity contribution in [1.29, 1.82) is 0 Å². The first kappa shape index (κ1) is 22.1. The van der Waals surface area contributed by atoms with Gasteiger partial charge >= 0.3 is 0 Å². The van der Waals surface area contributed by atoms with Gasteiger partial charge in [-0.15, -0.1) is 0 Å². The van der Waals surface area contributed by atoms with Crippen LogP contribution in [0.15, 0.2) is 24.3 Å². The van der Waals surface area contributed by atoms with Crippen molar-refractivity contribution in [3.05, 3.63) is 29.8 Å². The number of fused-ring (bicyclic) bond motifs is 2. The van der Waals surface area contributed by atoms with Gasteiger partial charge < -0.3 is 28.7 Å². The molecule has 8 nitrogen and oxygen atoms in total. The van der Waals surface area contributed by atoms with Gasteiger partial charge in [0.05, 0.1) is 39.7 Å². The summed E-state index contributed by atoms with van der Waals surface area (Å²) in [7, 11) is 6.36. The first-order chi connectivity index (χ1) is 16.5. The van der Waals surface area contributed by atoms with Crippen LogP contribution in [-0.2, 0) is 4.79 Å². The Labute approximate surface area is 197 Å². The number of benzene rings is 3. The fraction of sp³-hybridized carbons (Fsp3) is 0.385. The number of amides is 2. The van der Waals surface area contributed by atoms with Crippen molar-refractivity contribution in [3.8, 4) is 23.0 Å². The molecule has 3 aromatic carbocycles. The largest absolute Gasteiger partial charge is 0.493 e. The van der Waals surface area contributed by atoms with Gasteiger partial charge in [-0.1, -0.05) is 0 Å². The molecule has 0 atom stereocenters. The first-order valence-electron chi connectivity index (χ1n) is 11.4. The number of carbonyl (C=O) groups is 2. The molecule has 2 amide bonds. The maximum absolute atomic E-state index is 13.6. The van der Waals surface area contributed by atoms with E-state index in [0.717, 1.165) is 40.2 Å². The van der Waals surface area contributed by atoms with E-state index >= 15 is 0 Å². The summed E-state index contributed by atoms with van der Waals surface area (Å²) in [5.74, 6) is 2.37. The van der Waals surface area contributed by atoms with Crippen LogP contribution in [0.4, 0.5) is 5.69 Å². The number of anilines is 1. The second-order valence-electron chi connectivity index (χ2n) is 8.53. The lowest BCUT2D eigenvalue weighted by Gasteiger charge is -2.21. The highest BCUT2D eigenvalue weighted by molar-refractivity contribution is 6.31. The molecular weight excluding hydrogens is 436 g/mol. The third kappa shape index (κ3) is 3.28. The van der Waals surface area contributed by atoms with E-state index in [1.165, 1.54) is 0 Å². The minimum atomic E-state index is -0.0806. The van der Waals surface area contributed by atoms with Crippen LogP contribution in [0, 0.1) is 0 Å². The smallest absolute Gasteiger partial charge is 0.259 e. The zero-order chi connectivity index (χ0) is 24.0. The summed E-state index contributed by atoms with van der Waals surface area (Å²) in [6, 6.07) is 7.59. The highest BCUT2D eigenvalue weighted by Crippen LogP contribution is 2.50. The summed E-state index contributed by atoms with van der Waals surface area (Å²) >= 11 is 0. The molecule has 2 heterocycles. The van der Waals surface area contributed by atoms with E-state index in [0.29, 0.717) is 54.5 Å². The van der Waals surface area contributed by atoms with Crippen molar-refractivity contribution in [2.24, 2.45) is 0 Å². The predicted molar refractivity (Wildman–Crippen MR) is 130 cm³/mol. The molecule has 0 unspecified atom stereocenters. The van der Waals surface area contributed by atoms with Gasteiger partial charge in [0.25, 0.3) is 5.91 Å². The van der Waals surface area contributed by atoms with E-state index in [1.54, 1.807) is 39.4 Å². The Morgan fingerprint density at radius 2 is 1.56 bits per heavy atom. The van der Waals surface area contributed by atoms with Crippen molar-refractivity contribution in [2.75, 3.05) is 53.0 Å². The molecule has 3 aromatic rings. The molecule has 0 radical (unpaired) electrons. The van der Waals surface area contributed by atoms with Gasteiger partial charge in [-0.3, -0.25) is 9.59 Å². The zero-order valence-electron chi connectivity index (χ0n) is 19.9. The molecule has 5 rings (SSSR count). The second-order valence-corrected chi connectivity index (χ2v) is 8.53. The Morgan fingerprint density at radius 1 is 0.824 bits per heavy atom. The van der Waals surface area contributed by atoms with Gasteiger partial charge in [0.15, 0.2) is 23.0 Å². The number of nitrogens with zero attached hydrogens (tertiary/aromatic N) is 2. The monoisotopic (exact) mass is 464 g/mol. The SMILES string of the molecule is COc1cc2cc3c4c(cc(OC)c(OC)c4c2cc1OC)C(=O)N3CCCN1CCCC1=O. The van der Waals surface area contributed by atoms with E-state index in [4.69, 9.17) is 18.9 Å². The van der Waals surface area contributed by atoms with Gasteiger partial charge in [0.1, 0.15) is 0 Å². The van der Waals surface area contributed by atoms with Crippen molar-refractivity contribution >= 4 is 39.0 Å². The normalized spacial score (nSPS) is 15.1. The van der Waals surface area contributed by atoms with Gasteiger partial charge in [0, 0.05) is 36.8 Å². The van der Waals surface area contributed by atoms with Crippen molar-refractivity contribution < 1.29 is 28.5 Å². The molecule has 0 saturated carbocycles. The summed E-state index contributed by atoms with van der Waals surface area (Å²) in [6.45, 7) is 1.95. The third-order valence-corrected chi connectivity index (χ3v) is 6.79. The number of hydrogen-bond donors (Lipinski definition) is 0. The van der Waals surface area contributed by atoms with E-state index < -0.39 is 0 Å². The Balaban J connectivity index is 1.67. The average molecular weight is 465 g/mol. The standard InChI is InChI=1S/C26H28N2O6/c1-31-19-12-15-11-18-23-17(26(30)28(18)10-6-9-27-8-5-7-22(27)29)14-21(33-3)25(34-4)24(23)16(15)13-20(19)32-2/h11-14H,5-10H2,1-4H3. The zero-order valence-corrected chi connectivity index (χ0v) is 19.9. The van der Waals surface area contributed by atoms with Crippen molar-refractivity contribution in [3.63, 3.8) is 0 Å². The Kier molecular flexibility index (Phi) is 5.59. The molecule has 34 heavy (non-hydrogen) atoms. The molecule has 0 aliphatic carbocycles. The van der Waals surface area contributed by atoms with Gasteiger partial charge in [-0.2, -0.15) is 0 Å². The Hall–Kier alpha value is -3.68. The van der Waals surface area contributed by atoms with Crippen LogP contribution in [0.1, 0.15) is 29.6 Å². The van der Waals surface area contributed by atoms with E-state index in [-0.39, 0.29) is 11.8 Å². The summed E-state index contributed by atoms with van der Waals surface area (Å²) < 4.78 is 22.5. The fourth-order valence-corrected chi connectivity index (χ4v) is 5.19. The van der Waals surface area contributed by atoms with Crippen LogP contribution >= 0.6 is 0 Å². The molecule has 2 aliphatic heterocycles. The first-order valence-corrected chi connectivity index (χ1v) is 11.4. The molecule has 1 saturated heterocycles. The molecule has 178 valence electrons. The van der Waals surface area contributed by atoms with Crippen molar-refractivity contribution in [2.45, 2.75) is 19.3 Å². The summed E-state index contributed by atoms with van der Waals surface area (Å²) in [5, 5.41) is 3.41. The minimum absolute atomic E-state index is 0.0806. The lowest BCUT2D eigenvalue weighted by molar-refractivity contribution is -0.127. The number of methoxy groups -OCH3 is 4. The summed E-state index contributed by atoms with van der Waals surface area (Å²) in [6.07, 6.45) is 2.22. The van der Waals surface area contributed by atoms with Crippen LogP contribution in [0.3, 0.4) is 0 Å². The number of likely N-dealkylation sites (tertiary alicyclic amines) is 1. The topological polar surface area (TPSA) is 77.5 Å². The molecule has 0 bridgehead atoms. The van der Waals surface area contributed by atoms with E-state index in [2.05, 4.69) is 0 Å². The molecule has 8 heteroatoms. The lowest BCUT2D eigenvalue weighted by atomic mass is 9.96. The number of rotatable bonds is 8. The third-order valence-electron chi connectivity index (χ3n) is 6.79. The number of carbonyl (C=O) groups excluding carboxylic acids is 2. The Morgan fingerprint density at radius 3 is 2.21 bits per heavy atom. The Bertz CT molecular complexity index is 1320. The molecular formula is C26H28N2O6. The lowest BCUT2D eigenvalue weighted by Crippen LogP contribution is -2.32. The second kappa shape index (κ2) is 8.59. The maximum atomic E-state index is 13.6. The minimum Gasteiger partial charge on any atom is -0.493 e. The van der Waals surface area contributed by atoms with E-state index in [1.807, 2.05) is 23.1 Å². The highest BCUT2D eigenvalue weighted by atomic mass is 16.5.